The van der Waals surface area contributed by atoms with Crippen LogP contribution >= 0.6 is 12.4 Å². The van der Waals surface area contributed by atoms with Crippen LogP contribution in [0.4, 0.5) is 5.69 Å². The second-order valence-electron chi connectivity index (χ2n) is 4.27. The molecular weight excluding hydrogens is 264 g/mol. The number of methoxy groups -OCH3 is 2. The first-order chi connectivity index (χ1) is 8.61. The fraction of sp³-hybridized carbons (Fsp3) is 0.286. The Morgan fingerprint density at radius 2 is 1.58 bits per heavy atom. The van der Waals surface area contributed by atoms with Crippen molar-refractivity contribution in [2.75, 3.05) is 20.0 Å². The summed E-state index contributed by atoms with van der Waals surface area (Å²) in [7, 11) is 3.19. The van der Waals surface area contributed by atoms with Gasteiger partial charge in [-0.15, -0.1) is 12.4 Å². The summed E-state index contributed by atoms with van der Waals surface area (Å²) >= 11 is 0. The molecule has 5 heteroatoms. The molecule has 0 amide bonds. The lowest BCUT2D eigenvalue weighted by Gasteiger charge is -2.34. The highest BCUT2D eigenvalue weighted by Crippen LogP contribution is 2.35. The van der Waals surface area contributed by atoms with E-state index in [4.69, 9.17) is 20.9 Å². The van der Waals surface area contributed by atoms with Crippen LogP contribution in [-0.2, 0) is 9.47 Å². The Bertz CT molecular complexity index is 491. The number of nitrogen functional groups attached to an aromatic ring is 1. The zero-order valence-electron chi connectivity index (χ0n) is 11.1. The summed E-state index contributed by atoms with van der Waals surface area (Å²) in [5, 5.41) is 0. The van der Waals surface area contributed by atoms with Gasteiger partial charge in [0, 0.05) is 26.3 Å². The molecule has 1 aromatic carbocycles. The number of rotatable bonds is 3. The van der Waals surface area contributed by atoms with Crippen molar-refractivity contribution in [3.8, 4) is 0 Å². The normalized spacial score (nSPS) is 17.2. The van der Waals surface area contributed by atoms with Crippen LogP contribution in [0.1, 0.15) is 12.0 Å². The van der Waals surface area contributed by atoms with E-state index >= 15 is 0 Å². The number of allylic oxidation sites excluding steroid dienone is 2. The maximum absolute atomic E-state index is 5.95. The van der Waals surface area contributed by atoms with Crippen LogP contribution in [0.3, 0.4) is 0 Å². The fourth-order valence-electron chi connectivity index (χ4n) is 2.09. The van der Waals surface area contributed by atoms with Crippen molar-refractivity contribution in [1.82, 2.24) is 0 Å². The predicted molar refractivity (Wildman–Crippen MR) is 79.7 cm³/mol. The average molecular weight is 283 g/mol. The van der Waals surface area contributed by atoms with Crippen molar-refractivity contribution in [1.29, 1.82) is 0 Å². The van der Waals surface area contributed by atoms with Crippen molar-refractivity contribution in [2.24, 2.45) is 5.73 Å². The van der Waals surface area contributed by atoms with Crippen molar-refractivity contribution in [3.63, 3.8) is 0 Å². The molecule has 1 aliphatic carbocycles. The van der Waals surface area contributed by atoms with Gasteiger partial charge >= 0.3 is 0 Å². The molecule has 0 saturated carbocycles. The number of hydrogen-bond acceptors (Lipinski definition) is 4. The first-order valence-corrected chi connectivity index (χ1v) is 5.74. The van der Waals surface area contributed by atoms with E-state index in [0.29, 0.717) is 12.1 Å². The van der Waals surface area contributed by atoms with E-state index in [1.807, 2.05) is 36.4 Å². The molecule has 0 radical (unpaired) electrons. The molecule has 0 aliphatic heterocycles. The first kappa shape index (κ1) is 15.6. The molecule has 0 saturated heterocycles. The molecule has 104 valence electrons. The van der Waals surface area contributed by atoms with E-state index < -0.39 is 5.79 Å². The van der Waals surface area contributed by atoms with Gasteiger partial charge in [-0.1, -0.05) is 18.2 Å². The van der Waals surface area contributed by atoms with Crippen LogP contribution < -0.4 is 11.5 Å². The standard InChI is InChI=1S/C14H18N2O2.ClH/c1-17-14(18-2)9-11(5-8-13(14)16)10-3-6-12(15)7-4-10;/h3-8H,9,15-16H2,1-2H3;1H. The molecule has 0 unspecified atom stereocenters. The molecule has 0 atom stereocenters. The van der Waals surface area contributed by atoms with Crippen molar-refractivity contribution < 1.29 is 9.47 Å². The fourth-order valence-corrected chi connectivity index (χ4v) is 2.09. The highest BCUT2D eigenvalue weighted by atomic mass is 35.5. The monoisotopic (exact) mass is 282 g/mol. The summed E-state index contributed by atoms with van der Waals surface area (Å²) in [6, 6.07) is 7.71. The van der Waals surface area contributed by atoms with Crippen molar-refractivity contribution in [3.05, 3.63) is 47.7 Å². The Kier molecular flexibility index (Phi) is 5.00. The minimum absolute atomic E-state index is 0. The molecule has 4 N–H and O–H groups in total. The van der Waals surface area contributed by atoms with Crippen molar-refractivity contribution >= 4 is 23.7 Å². The summed E-state index contributed by atoms with van der Waals surface area (Å²) in [6.07, 6.45) is 4.38. The highest BCUT2D eigenvalue weighted by molar-refractivity contribution is 5.85. The molecule has 0 fully saturated rings. The molecule has 0 aromatic heterocycles. The second-order valence-corrected chi connectivity index (χ2v) is 4.27. The third kappa shape index (κ3) is 2.92. The zero-order chi connectivity index (χ0) is 13.2. The van der Waals surface area contributed by atoms with E-state index in [9.17, 15) is 0 Å². The van der Waals surface area contributed by atoms with E-state index in [2.05, 4.69) is 0 Å². The average Bonchev–Trinajstić information content (AvgIpc) is 2.41. The minimum atomic E-state index is -0.870. The summed E-state index contributed by atoms with van der Waals surface area (Å²) < 4.78 is 10.9. The quantitative estimate of drug-likeness (QED) is 0.659. The Balaban J connectivity index is 0.00000180. The van der Waals surface area contributed by atoms with E-state index in [-0.39, 0.29) is 12.4 Å². The Morgan fingerprint density at radius 1 is 1.00 bits per heavy atom. The highest BCUT2D eigenvalue weighted by Gasteiger charge is 2.36. The molecule has 2 rings (SSSR count). The number of anilines is 1. The van der Waals surface area contributed by atoms with Gasteiger partial charge in [-0.25, -0.2) is 0 Å². The molecule has 4 nitrogen and oxygen atoms in total. The molecule has 1 aliphatic rings. The number of nitrogens with two attached hydrogens (primary N) is 2. The van der Waals surface area contributed by atoms with Crippen LogP contribution in [0.5, 0.6) is 0 Å². The van der Waals surface area contributed by atoms with Gasteiger partial charge in [0.05, 0.1) is 5.70 Å². The van der Waals surface area contributed by atoms with Gasteiger partial charge < -0.3 is 20.9 Å². The zero-order valence-corrected chi connectivity index (χ0v) is 11.9. The molecule has 1 aromatic rings. The number of benzene rings is 1. The summed E-state index contributed by atoms with van der Waals surface area (Å²) in [5.74, 6) is -0.870. The van der Waals surface area contributed by atoms with Crippen LogP contribution in [-0.4, -0.2) is 20.0 Å². The minimum Gasteiger partial charge on any atom is -0.399 e. The van der Waals surface area contributed by atoms with E-state index in [0.717, 1.165) is 16.8 Å². The molecule has 19 heavy (non-hydrogen) atoms. The molecule has 0 heterocycles. The maximum Gasteiger partial charge on any atom is 0.213 e. The van der Waals surface area contributed by atoms with Gasteiger partial charge in [-0.3, -0.25) is 0 Å². The Hall–Kier alpha value is -1.49. The lowest BCUT2D eigenvalue weighted by Crippen LogP contribution is -2.41. The van der Waals surface area contributed by atoms with Gasteiger partial charge in [0.1, 0.15) is 0 Å². The summed E-state index contributed by atoms with van der Waals surface area (Å²) in [5.41, 5.74) is 15.1. The number of ether oxygens (including phenoxy) is 2. The SMILES string of the molecule is COC1(OC)CC(c2ccc(N)cc2)=CC=C1N.Cl. The largest absolute Gasteiger partial charge is 0.399 e. The molecule has 0 spiro atoms. The van der Waals surface area contributed by atoms with Gasteiger partial charge in [-0.2, -0.15) is 0 Å². The van der Waals surface area contributed by atoms with Crippen LogP contribution in [0.25, 0.3) is 5.57 Å². The Morgan fingerprint density at radius 3 is 2.11 bits per heavy atom. The third-order valence-electron chi connectivity index (χ3n) is 3.27. The van der Waals surface area contributed by atoms with Gasteiger partial charge in [0.15, 0.2) is 0 Å². The van der Waals surface area contributed by atoms with Crippen molar-refractivity contribution in [2.45, 2.75) is 12.2 Å². The molecule has 0 bridgehead atoms. The lowest BCUT2D eigenvalue weighted by atomic mass is 9.91. The smallest absolute Gasteiger partial charge is 0.213 e. The van der Waals surface area contributed by atoms with Crippen LogP contribution in [0, 0.1) is 0 Å². The van der Waals surface area contributed by atoms with Gasteiger partial charge in [0.2, 0.25) is 5.79 Å². The summed E-state index contributed by atoms with van der Waals surface area (Å²) in [4.78, 5) is 0. The number of halogens is 1. The molecular formula is C14H19ClN2O2. The Labute approximate surface area is 119 Å². The van der Waals surface area contributed by atoms with Crippen LogP contribution in [0.2, 0.25) is 0 Å². The predicted octanol–water partition coefficient (Wildman–Crippen LogP) is 2.31. The lowest BCUT2D eigenvalue weighted by molar-refractivity contribution is -0.175. The summed E-state index contributed by atoms with van der Waals surface area (Å²) in [6.45, 7) is 0. The van der Waals surface area contributed by atoms with E-state index in [1.54, 1.807) is 14.2 Å². The van der Waals surface area contributed by atoms with Gasteiger partial charge in [-0.05, 0) is 29.3 Å². The van der Waals surface area contributed by atoms with Crippen LogP contribution in [0.15, 0.2) is 42.1 Å². The second kappa shape index (κ2) is 6.10. The number of hydrogen-bond donors (Lipinski definition) is 2. The first-order valence-electron chi connectivity index (χ1n) is 5.74. The van der Waals surface area contributed by atoms with Gasteiger partial charge in [0.25, 0.3) is 0 Å². The topological polar surface area (TPSA) is 70.5 Å². The maximum atomic E-state index is 5.95. The van der Waals surface area contributed by atoms with E-state index in [1.165, 1.54) is 0 Å². The third-order valence-corrected chi connectivity index (χ3v) is 3.27.